The molecule has 0 aromatic carbocycles. The van der Waals surface area contributed by atoms with E-state index in [1.54, 1.807) is 0 Å². The minimum Gasteiger partial charge on any atom is -0.379 e. The number of carbonyl (C=O) groups excluding carboxylic acids is 3. The number of ether oxygens (including phenoxy) is 12. The molecule has 0 aliphatic carbocycles. The molecule has 0 aliphatic rings. The topological polar surface area (TPSA) is 238 Å². The van der Waals surface area contributed by atoms with Gasteiger partial charge in [0.25, 0.3) is 0 Å². The number of hydrogen-bond acceptors (Lipinski definition) is 17. The molecule has 6 N–H and O–H groups in total. The van der Waals surface area contributed by atoms with Crippen LogP contribution in [0.25, 0.3) is 0 Å². The molecule has 19 heteroatoms. The first-order chi connectivity index (χ1) is 28.0. The fourth-order valence-corrected chi connectivity index (χ4v) is 4.48. The van der Waals surface area contributed by atoms with Gasteiger partial charge in [0.2, 0.25) is 11.8 Å². The summed E-state index contributed by atoms with van der Waals surface area (Å²) in [6.45, 7) is 14.4. The second kappa shape index (κ2) is 46.7. The molecular formula is C38H76N4O15. The smallest absolute Gasteiger partial charge is 0.222 e. The molecule has 0 aromatic rings. The lowest BCUT2D eigenvalue weighted by Crippen LogP contribution is -2.30. The van der Waals surface area contributed by atoms with Gasteiger partial charge in [0, 0.05) is 38.4 Å². The second-order valence-electron chi connectivity index (χ2n) is 12.3. The highest BCUT2D eigenvalue weighted by molar-refractivity contribution is 5.82. The molecule has 0 radical (unpaired) electrons. The van der Waals surface area contributed by atoms with Crippen molar-refractivity contribution in [1.29, 1.82) is 0 Å². The molecule has 1 atom stereocenters. The molecule has 19 nitrogen and oxygen atoms in total. The van der Waals surface area contributed by atoms with Crippen LogP contribution in [-0.2, 0) is 71.2 Å². The van der Waals surface area contributed by atoms with Crippen molar-refractivity contribution < 1.29 is 71.2 Å². The lowest BCUT2D eigenvalue weighted by Gasteiger charge is -2.12. The van der Waals surface area contributed by atoms with E-state index in [9.17, 15) is 14.4 Å². The highest BCUT2D eigenvalue weighted by Crippen LogP contribution is 2.07. The molecule has 0 saturated heterocycles. The SMILES string of the molecule is CCC(=O)NCCOCCOCCOCCOCCOCCOCCOCCOCCOCCOCCOCCOCCC(=O)NCCCC[C@@H](CN)C(=O)CN. The molecule has 0 fully saturated rings. The molecule has 0 rings (SSSR count). The number of ketones is 1. The van der Waals surface area contributed by atoms with Crippen LogP contribution in [0, 0.1) is 5.92 Å². The Morgan fingerprint density at radius 3 is 1.05 bits per heavy atom. The van der Waals surface area contributed by atoms with Crippen molar-refractivity contribution in [3.05, 3.63) is 0 Å². The zero-order valence-corrected chi connectivity index (χ0v) is 34.7. The van der Waals surface area contributed by atoms with Crippen LogP contribution in [0.15, 0.2) is 0 Å². The average molecular weight is 829 g/mol. The summed E-state index contributed by atoms with van der Waals surface area (Å²) in [5.41, 5.74) is 11.0. The van der Waals surface area contributed by atoms with Gasteiger partial charge >= 0.3 is 0 Å². The Labute approximate surface area is 340 Å². The molecular weight excluding hydrogens is 752 g/mol. The molecule has 0 aromatic heterocycles. The zero-order chi connectivity index (χ0) is 41.5. The number of rotatable bonds is 48. The Morgan fingerprint density at radius 2 is 0.737 bits per heavy atom. The minimum absolute atomic E-state index is 0.0125. The fraction of sp³-hybridized carbons (Fsp3) is 0.921. The van der Waals surface area contributed by atoms with Gasteiger partial charge in [-0.15, -0.1) is 0 Å². The third-order valence-electron chi connectivity index (χ3n) is 7.70. The summed E-state index contributed by atoms with van der Waals surface area (Å²) in [5, 5.41) is 5.59. The molecule has 338 valence electrons. The number of nitrogens with two attached hydrogens (primary N) is 2. The summed E-state index contributed by atoms with van der Waals surface area (Å²) in [5.74, 6) is -0.252. The minimum atomic E-state index is -0.193. The maximum atomic E-state index is 11.9. The van der Waals surface area contributed by atoms with Gasteiger partial charge in [0.05, 0.1) is 165 Å². The molecule has 0 bridgehead atoms. The first-order valence-corrected chi connectivity index (χ1v) is 20.4. The number of nitrogens with one attached hydrogen (secondary N) is 2. The van der Waals surface area contributed by atoms with Crippen LogP contribution in [-0.4, -0.2) is 202 Å². The van der Waals surface area contributed by atoms with Crippen LogP contribution in [0.2, 0.25) is 0 Å². The Balaban J connectivity index is 3.16. The Morgan fingerprint density at radius 1 is 0.421 bits per heavy atom. The summed E-state index contributed by atoms with van der Waals surface area (Å²) in [4.78, 5) is 34.6. The second-order valence-corrected chi connectivity index (χ2v) is 12.3. The van der Waals surface area contributed by atoms with E-state index in [1.165, 1.54) is 0 Å². The van der Waals surface area contributed by atoms with E-state index in [2.05, 4.69) is 10.6 Å². The van der Waals surface area contributed by atoms with Crippen molar-refractivity contribution in [1.82, 2.24) is 10.6 Å². The van der Waals surface area contributed by atoms with E-state index >= 15 is 0 Å². The summed E-state index contributed by atoms with van der Waals surface area (Å²) < 4.78 is 65.5. The normalized spacial score (nSPS) is 11.9. The third-order valence-corrected chi connectivity index (χ3v) is 7.70. The van der Waals surface area contributed by atoms with Crippen LogP contribution >= 0.6 is 0 Å². The van der Waals surface area contributed by atoms with Crippen LogP contribution < -0.4 is 22.1 Å². The van der Waals surface area contributed by atoms with E-state index in [-0.39, 0.29) is 36.5 Å². The highest BCUT2D eigenvalue weighted by Gasteiger charge is 2.14. The van der Waals surface area contributed by atoms with E-state index in [4.69, 9.17) is 68.3 Å². The lowest BCUT2D eigenvalue weighted by molar-refractivity contribution is -0.123. The van der Waals surface area contributed by atoms with Crippen molar-refractivity contribution in [2.45, 2.75) is 39.0 Å². The Bertz CT molecular complexity index is 882. The van der Waals surface area contributed by atoms with Crippen molar-refractivity contribution in [3.63, 3.8) is 0 Å². The van der Waals surface area contributed by atoms with Crippen LogP contribution in [0.5, 0.6) is 0 Å². The molecule has 57 heavy (non-hydrogen) atoms. The predicted octanol–water partition coefficient (Wildman–Crippen LogP) is -0.509. The van der Waals surface area contributed by atoms with E-state index in [0.29, 0.717) is 191 Å². The summed E-state index contributed by atoms with van der Waals surface area (Å²) in [6, 6.07) is 0. The fourth-order valence-electron chi connectivity index (χ4n) is 4.48. The predicted molar refractivity (Wildman–Crippen MR) is 211 cm³/mol. The maximum absolute atomic E-state index is 11.9. The van der Waals surface area contributed by atoms with Gasteiger partial charge in [-0.05, 0) is 12.8 Å². The molecule has 0 unspecified atom stereocenters. The van der Waals surface area contributed by atoms with Gasteiger partial charge in [0.15, 0.2) is 5.78 Å². The molecule has 0 spiro atoms. The van der Waals surface area contributed by atoms with Gasteiger partial charge in [-0.1, -0.05) is 13.3 Å². The van der Waals surface area contributed by atoms with Gasteiger partial charge < -0.3 is 78.9 Å². The average Bonchev–Trinajstić information content (AvgIpc) is 3.22. The van der Waals surface area contributed by atoms with Gasteiger partial charge in [0.1, 0.15) is 0 Å². The maximum Gasteiger partial charge on any atom is 0.222 e. The van der Waals surface area contributed by atoms with Crippen LogP contribution in [0.1, 0.15) is 39.0 Å². The highest BCUT2D eigenvalue weighted by atomic mass is 16.6. The zero-order valence-electron chi connectivity index (χ0n) is 34.7. The number of amides is 2. The third kappa shape index (κ3) is 43.5. The summed E-state index contributed by atoms with van der Waals surface area (Å²) in [7, 11) is 0. The monoisotopic (exact) mass is 829 g/mol. The van der Waals surface area contributed by atoms with Gasteiger partial charge in [-0.2, -0.15) is 0 Å². The first-order valence-electron chi connectivity index (χ1n) is 20.4. The molecule has 2 amide bonds. The first kappa shape index (κ1) is 55.0. The largest absolute Gasteiger partial charge is 0.379 e. The quantitative estimate of drug-likeness (QED) is 0.0565. The molecule has 0 heterocycles. The molecule has 0 aliphatic heterocycles. The van der Waals surface area contributed by atoms with Crippen molar-refractivity contribution in [3.8, 4) is 0 Å². The number of hydrogen-bond donors (Lipinski definition) is 4. The van der Waals surface area contributed by atoms with E-state index < -0.39 is 0 Å². The van der Waals surface area contributed by atoms with E-state index in [0.717, 1.165) is 12.8 Å². The van der Waals surface area contributed by atoms with Crippen molar-refractivity contribution in [2.24, 2.45) is 17.4 Å². The van der Waals surface area contributed by atoms with Gasteiger partial charge in [-0.3, -0.25) is 14.4 Å². The Hall–Kier alpha value is -1.95. The van der Waals surface area contributed by atoms with Crippen LogP contribution in [0.3, 0.4) is 0 Å². The Kier molecular flexibility index (Phi) is 45.1. The molecule has 0 saturated carbocycles. The standard InChI is InChI=1S/C38H76N4O15/c1-2-37(44)42-8-10-47-12-14-49-16-18-51-20-22-53-24-26-55-28-30-57-32-31-56-29-27-54-25-23-52-21-19-50-17-15-48-13-11-46-9-6-38(45)41-7-4-3-5-35(33-39)36(43)34-40/h35H,2-34,39-40H2,1H3,(H,41,45)(H,42,44)/t35-/m0/s1. The van der Waals surface area contributed by atoms with Crippen molar-refractivity contribution in [2.75, 3.05) is 185 Å². The number of Topliss-reactive ketones (excluding diaryl/α,β-unsaturated/α-hetero) is 1. The number of carbonyl (C=O) groups is 3. The number of unbranched alkanes of at least 4 members (excludes halogenated alkanes) is 1. The van der Waals surface area contributed by atoms with Gasteiger partial charge in [-0.25, -0.2) is 0 Å². The summed E-state index contributed by atoms with van der Waals surface area (Å²) in [6.07, 6.45) is 3.04. The van der Waals surface area contributed by atoms with E-state index in [1.807, 2.05) is 6.92 Å². The van der Waals surface area contributed by atoms with Crippen molar-refractivity contribution >= 4 is 17.6 Å². The van der Waals surface area contributed by atoms with Crippen LogP contribution in [0.4, 0.5) is 0 Å². The lowest BCUT2D eigenvalue weighted by atomic mass is 9.97. The summed E-state index contributed by atoms with van der Waals surface area (Å²) >= 11 is 0.